The summed E-state index contributed by atoms with van der Waals surface area (Å²) in [6.45, 7) is 2.84. The van der Waals surface area contributed by atoms with Gasteiger partial charge in [0.15, 0.2) is 0 Å². The number of nitrogens with zero attached hydrogens (tertiary/aromatic N) is 2. The summed E-state index contributed by atoms with van der Waals surface area (Å²) < 4.78 is 9.47. The highest BCUT2D eigenvalue weighted by molar-refractivity contribution is 6.36. The van der Waals surface area contributed by atoms with Gasteiger partial charge in [-0.15, -0.1) is 0 Å². The molecule has 10 heteroatoms. The van der Waals surface area contributed by atoms with E-state index in [-0.39, 0.29) is 18.2 Å². The zero-order valence-electron chi connectivity index (χ0n) is 13.6. The van der Waals surface area contributed by atoms with Crippen molar-refractivity contribution in [1.29, 1.82) is 0 Å². The number of rotatable bonds is 8. The quantitative estimate of drug-likeness (QED) is 0.417. The van der Waals surface area contributed by atoms with Crippen molar-refractivity contribution in [1.82, 2.24) is 5.32 Å². The van der Waals surface area contributed by atoms with E-state index < -0.39 is 30.4 Å². The molecule has 1 amide bonds. The van der Waals surface area contributed by atoms with Crippen LogP contribution in [0.15, 0.2) is 28.4 Å². The van der Waals surface area contributed by atoms with Gasteiger partial charge in [-0.05, 0) is 32.0 Å². The maximum absolute atomic E-state index is 11.9. The number of hydrogen-bond acceptors (Lipinski definition) is 7. The largest absolute Gasteiger partial charge is 0.464 e. The van der Waals surface area contributed by atoms with Crippen LogP contribution >= 0.6 is 23.2 Å². The van der Waals surface area contributed by atoms with Crippen molar-refractivity contribution in [3.63, 3.8) is 0 Å². The Kier molecular flexibility index (Phi) is 8.87. The molecule has 0 aliphatic heterocycles. The molecule has 8 nitrogen and oxygen atoms in total. The van der Waals surface area contributed by atoms with Crippen LogP contribution in [-0.2, 0) is 23.9 Å². The maximum Gasteiger partial charge on any atom is 0.340 e. The van der Waals surface area contributed by atoms with E-state index in [2.05, 4.69) is 15.5 Å². The summed E-state index contributed by atoms with van der Waals surface area (Å²) in [5, 5.41) is 10.4. The molecule has 25 heavy (non-hydrogen) atoms. The van der Waals surface area contributed by atoms with Crippen molar-refractivity contribution in [2.24, 2.45) is 10.2 Å². The first-order valence-corrected chi connectivity index (χ1v) is 8.09. The van der Waals surface area contributed by atoms with E-state index in [9.17, 15) is 14.4 Å². The highest BCUT2D eigenvalue weighted by Crippen LogP contribution is 2.27. The Labute approximate surface area is 154 Å². The molecule has 0 saturated heterocycles. The Morgan fingerprint density at radius 1 is 1.12 bits per heavy atom. The molecule has 1 N–H and O–H groups in total. The van der Waals surface area contributed by atoms with Gasteiger partial charge in [-0.1, -0.05) is 23.2 Å². The second-order valence-electron chi connectivity index (χ2n) is 4.50. The molecule has 0 unspecified atom stereocenters. The lowest BCUT2D eigenvalue weighted by molar-refractivity contribution is -0.159. The topological polar surface area (TPSA) is 106 Å². The van der Waals surface area contributed by atoms with E-state index in [0.29, 0.717) is 10.7 Å². The van der Waals surface area contributed by atoms with Gasteiger partial charge in [0.2, 0.25) is 11.9 Å². The van der Waals surface area contributed by atoms with E-state index in [0.717, 1.165) is 0 Å². The van der Waals surface area contributed by atoms with Gasteiger partial charge in [0, 0.05) is 5.02 Å². The molecule has 0 saturated carbocycles. The molecule has 0 heterocycles. The van der Waals surface area contributed by atoms with Gasteiger partial charge in [0.05, 0.1) is 18.2 Å². The fraction of sp³-hybridized carbons (Fsp3) is 0.400. The Bertz CT molecular complexity index is 649. The van der Waals surface area contributed by atoms with Gasteiger partial charge >= 0.3 is 11.9 Å². The number of esters is 2. The third kappa shape index (κ3) is 7.06. The molecule has 1 rings (SSSR count). The minimum atomic E-state index is -1.55. The Hall–Kier alpha value is -2.19. The van der Waals surface area contributed by atoms with Crippen molar-refractivity contribution in [3.05, 3.63) is 28.2 Å². The van der Waals surface area contributed by atoms with E-state index in [4.69, 9.17) is 32.7 Å². The lowest BCUT2D eigenvalue weighted by atomic mass is 10.3. The van der Waals surface area contributed by atoms with Crippen LogP contribution in [0.25, 0.3) is 0 Å². The molecule has 0 bridgehead atoms. The van der Waals surface area contributed by atoms with Crippen molar-refractivity contribution in [2.75, 3.05) is 19.8 Å². The predicted octanol–water partition coefficient (Wildman–Crippen LogP) is 2.69. The number of ether oxygens (including phenoxy) is 2. The number of azo groups is 1. The first kappa shape index (κ1) is 20.9. The molecule has 0 fully saturated rings. The highest BCUT2D eigenvalue weighted by atomic mass is 35.5. The number of nitrogens with one attached hydrogen (secondary N) is 1. The molecular weight excluding hydrogens is 373 g/mol. The van der Waals surface area contributed by atoms with Crippen LogP contribution in [0.3, 0.4) is 0 Å². The van der Waals surface area contributed by atoms with Crippen molar-refractivity contribution in [3.8, 4) is 0 Å². The second-order valence-corrected chi connectivity index (χ2v) is 5.34. The van der Waals surface area contributed by atoms with Gasteiger partial charge in [-0.25, -0.2) is 9.59 Å². The Balaban J connectivity index is 2.68. The van der Waals surface area contributed by atoms with E-state index in [1.54, 1.807) is 19.9 Å². The van der Waals surface area contributed by atoms with Gasteiger partial charge in [0.25, 0.3) is 0 Å². The third-order valence-electron chi connectivity index (χ3n) is 2.65. The summed E-state index contributed by atoms with van der Waals surface area (Å²) in [4.78, 5) is 35.4. The fourth-order valence-corrected chi connectivity index (χ4v) is 2.06. The third-order valence-corrected chi connectivity index (χ3v) is 3.19. The minimum Gasteiger partial charge on any atom is -0.464 e. The predicted molar refractivity (Wildman–Crippen MR) is 91.0 cm³/mol. The van der Waals surface area contributed by atoms with Gasteiger partial charge in [0.1, 0.15) is 12.2 Å². The van der Waals surface area contributed by atoms with Crippen LogP contribution in [0.5, 0.6) is 0 Å². The van der Waals surface area contributed by atoms with Gasteiger partial charge in [-0.3, -0.25) is 4.79 Å². The number of hydrogen-bond donors (Lipinski definition) is 1. The average molecular weight is 390 g/mol. The standard InChI is InChI=1S/C15H17Cl2N3O5/c1-3-24-14(22)13(15(23)25-4-2)19-12(21)8-18-20-11-6-5-9(16)7-10(11)17/h5-7,13H,3-4,8H2,1-2H3,(H,19,21). The Morgan fingerprint density at radius 2 is 1.72 bits per heavy atom. The van der Waals surface area contributed by atoms with Crippen LogP contribution in [0, 0.1) is 0 Å². The van der Waals surface area contributed by atoms with Crippen molar-refractivity contribution in [2.45, 2.75) is 19.9 Å². The summed E-state index contributed by atoms with van der Waals surface area (Å²) in [6.07, 6.45) is 0. The molecule has 0 aliphatic rings. The smallest absolute Gasteiger partial charge is 0.340 e. The first-order chi connectivity index (χ1) is 11.9. The van der Waals surface area contributed by atoms with E-state index in [1.807, 2.05) is 0 Å². The van der Waals surface area contributed by atoms with E-state index >= 15 is 0 Å². The molecule has 1 aromatic rings. The monoisotopic (exact) mass is 389 g/mol. The number of amides is 1. The molecule has 0 atom stereocenters. The summed E-state index contributed by atoms with van der Waals surface area (Å²) in [6, 6.07) is 3.03. The van der Waals surface area contributed by atoms with Crippen molar-refractivity contribution < 1.29 is 23.9 Å². The summed E-state index contributed by atoms with van der Waals surface area (Å²) in [5.41, 5.74) is 0.325. The number of benzene rings is 1. The molecule has 136 valence electrons. The zero-order chi connectivity index (χ0) is 18.8. The van der Waals surface area contributed by atoms with Gasteiger partial charge in [-0.2, -0.15) is 10.2 Å². The zero-order valence-corrected chi connectivity index (χ0v) is 15.1. The number of halogens is 2. The van der Waals surface area contributed by atoms with E-state index in [1.165, 1.54) is 12.1 Å². The molecular formula is C15H17Cl2N3O5. The molecule has 0 aromatic heterocycles. The van der Waals surface area contributed by atoms with Crippen LogP contribution in [0.4, 0.5) is 5.69 Å². The number of carbonyl (C=O) groups excluding carboxylic acids is 3. The number of carbonyl (C=O) groups is 3. The van der Waals surface area contributed by atoms with Crippen molar-refractivity contribution >= 4 is 46.7 Å². The molecule has 1 aromatic carbocycles. The SMILES string of the molecule is CCOC(=O)C(NC(=O)CN=Nc1ccc(Cl)cc1Cl)C(=O)OCC. The molecule has 0 spiro atoms. The summed E-state index contributed by atoms with van der Waals surface area (Å²) >= 11 is 11.7. The van der Waals surface area contributed by atoms with Crippen LogP contribution in [-0.4, -0.2) is 43.6 Å². The maximum atomic E-state index is 11.9. The van der Waals surface area contributed by atoms with Crippen LogP contribution < -0.4 is 5.32 Å². The summed E-state index contributed by atoms with van der Waals surface area (Å²) in [7, 11) is 0. The molecule has 0 radical (unpaired) electrons. The minimum absolute atomic E-state index is 0.0549. The fourth-order valence-electron chi connectivity index (χ4n) is 1.61. The normalized spacial score (nSPS) is 10.8. The first-order valence-electron chi connectivity index (χ1n) is 7.34. The second kappa shape index (κ2) is 10.6. The average Bonchev–Trinajstić information content (AvgIpc) is 2.55. The lowest BCUT2D eigenvalue weighted by Crippen LogP contribution is -2.48. The lowest BCUT2D eigenvalue weighted by Gasteiger charge is -2.15. The highest BCUT2D eigenvalue weighted by Gasteiger charge is 2.31. The van der Waals surface area contributed by atoms with Gasteiger partial charge < -0.3 is 14.8 Å². The van der Waals surface area contributed by atoms with Crippen LogP contribution in [0.1, 0.15) is 13.8 Å². The molecule has 0 aliphatic carbocycles. The van der Waals surface area contributed by atoms with Crippen LogP contribution in [0.2, 0.25) is 10.0 Å². The Morgan fingerprint density at radius 3 is 2.24 bits per heavy atom. The summed E-state index contributed by atoms with van der Waals surface area (Å²) in [5.74, 6) is -2.53.